The summed E-state index contributed by atoms with van der Waals surface area (Å²) in [5, 5.41) is 8.38. The number of aliphatic hydroxyl groups excluding tert-OH is 1. The zero-order valence-electron chi connectivity index (χ0n) is 25.4. The molecule has 0 aromatic carbocycles. The van der Waals surface area contributed by atoms with Crippen LogP contribution in [0.4, 0.5) is 0 Å². The van der Waals surface area contributed by atoms with Crippen molar-refractivity contribution in [3.8, 4) is 0 Å². The molecule has 2 unspecified atom stereocenters. The Morgan fingerprint density at radius 3 is 1.87 bits per heavy atom. The van der Waals surface area contributed by atoms with Crippen LogP contribution in [0.1, 0.15) is 40.0 Å². The summed E-state index contributed by atoms with van der Waals surface area (Å²) in [5.74, 6) is -0.242. The maximum Gasteiger partial charge on any atom is 0.311 e. The number of hydrogen-bond acceptors (Lipinski definition) is 9. The van der Waals surface area contributed by atoms with Crippen molar-refractivity contribution < 1.29 is 41.8 Å². The summed E-state index contributed by atoms with van der Waals surface area (Å²) in [5.41, 5.74) is -0.421. The molecule has 224 valence electrons. The van der Waals surface area contributed by atoms with E-state index >= 15 is 0 Å². The second-order valence-corrected chi connectivity index (χ2v) is 24.8. The van der Waals surface area contributed by atoms with Crippen LogP contribution >= 0.6 is 0 Å². The van der Waals surface area contributed by atoms with Crippen LogP contribution in [0.15, 0.2) is 0 Å². The lowest BCUT2D eigenvalue weighted by Gasteiger charge is -2.38. The Labute approximate surface area is 234 Å². The van der Waals surface area contributed by atoms with Gasteiger partial charge in [-0.05, 0) is 84.5 Å². The van der Waals surface area contributed by atoms with E-state index in [9.17, 15) is 4.79 Å². The van der Waals surface area contributed by atoms with E-state index in [-0.39, 0.29) is 25.3 Å². The van der Waals surface area contributed by atoms with E-state index in [1.165, 1.54) is 0 Å². The molecule has 12 heteroatoms. The third kappa shape index (κ3) is 18.1. The van der Waals surface area contributed by atoms with Crippen molar-refractivity contribution >= 4 is 31.2 Å². The fourth-order valence-electron chi connectivity index (χ4n) is 3.84. The minimum Gasteiger partial charge on any atom is -0.463 e. The molecule has 0 saturated carbocycles. The van der Waals surface area contributed by atoms with Gasteiger partial charge in [0, 0.05) is 13.2 Å². The maximum atomic E-state index is 11.1. The van der Waals surface area contributed by atoms with Gasteiger partial charge in [0.2, 0.25) is 0 Å². The van der Waals surface area contributed by atoms with Gasteiger partial charge in [0.1, 0.15) is 19.3 Å². The van der Waals surface area contributed by atoms with Crippen molar-refractivity contribution in [2.24, 2.45) is 5.41 Å². The molecule has 2 aliphatic heterocycles. The van der Waals surface area contributed by atoms with Crippen LogP contribution in [0.25, 0.3) is 0 Å². The second kappa shape index (κ2) is 16.8. The molecular formula is C26H55O9Si3+. The molecule has 0 spiro atoms. The average molecular weight is 596 g/mol. The van der Waals surface area contributed by atoms with Crippen LogP contribution in [0.3, 0.4) is 0 Å². The summed E-state index contributed by atoms with van der Waals surface area (Å²) >= 11 is 0. The Kier molecular flexibility index (Phi) is 15.8. The molecule has 0 aliphatic carbocycles. The van der Waals surface area contributed by atoms with Crippen molar-refractivity contribution in [3.05, 3.63) is 6.61 Å². The molecule has 0 radical (unpaired) electrons. The average Bonchev–Trinajstić information content (AvgIpc) is 3.71. The molecule has 0 amide bonds. The number of rotatable bonds is 20. The highest BCUT2D eigenvalue weighted by atomic mass is 28.5. The smallest absolute Gasteiger partial charge is 0.311 e. The van der Waals surface area contributed by atoms with E-state index in [4.69, 9.17) is 37.0 Å². The largest absolute Gasteiger partial charge is 0.463 e. The van der Waals surface area contributed by atoms with E-state index in [0.29, 0.717) is 12.7 Å². The molecule has 2 saturated heterocycles. The summed E-state index contributed by atoms with van der Waals surface area (Å²) in [6.45, 7) is 24.8. The van der Waals surface area contributed by atoms with Crippen LogP contribution < -0.4 is 0 Å². The number of esters is 1. The molecule has 0 aromatic rings. The molecule has 2 fully saturated rings. The zero-order valence-corrected chi connectivity index (χ0v) is 28.4. The monoisotopic (exact) mass is 595 g/mol. The SMILES string of the molecule is CCC(C)(C)C(=O)OCCO.C[Si](C)(CCCOCC1[CH+]O1)O[Si](C)(C)O[Si](C)(C)CCCOCC1CO1. The van der Waals surface area contributed by atoms with E-state index < -0.39 is 30.6 Å². The van der Waals surface area contributed by atoms with Gasteiger partial charge >= 0.3 is 14.5 Å². The van der Waals surface area contributed by atoms with Gasteiger partial charge in [-0.2, -0.15) is 0 Å². The van der Waals surface area contributed by atoms with Crippen LogP contribution in [0.5, 0.6) is 0 Å². The Bertz CT molecular complexity index is 628. The van der Waals surface area contributed by atoms with Crippen molar-refractivity contribution in [3.63, 3.8) is 0 Å². The number of carbonyl (C=O) groups is 1. The minimum atomic E-state index is -2.13. The number of hydrogen-bond donors (Lipinski definition) is 1. The van der Waals surface area contributed by atoms with E-state index in [1.54, 1.807) is 0 Å². The summed E-state index contributed by atoms with van der Waals surface area (Å²) < 4.78 is 39.5. The molecular weight excluding hydrogens is 541 g/mol. The quantitative estimate of drug-likeness (QED) is 0.0694. The first kappa shape index (κ1) is 35.7. The van der Waals surface area contributed by atoms with Gasteiger partial charge in [-0.1, -0.05) is 6.92 Å². The molecule has 2 aliphatic rings. The zero-order chi connectivity index (χ0) is 28.9. The first-order valence-electron chi connectivity index (χ1n) is 14.1. The van der Waals surface area contributed by atoms with Crippen molar-refractivity contribution in [1.29, 1.82) is 0 Å². The Morgan fingerprint density at radius 2 is 1.45 bits per heavy atom. The number of epoxide rings is 2. The molecule has 38 heavy (non-hydrogen) atoms. The maximum absolute atomic E-state index is 11.1. The summed E-state index contributed by atoms with van der Waals surface area (Å²) in [7, 11) is -5.62. The van der Waals surface area contributed by atoms with Gasteiger partial charge in [0.25, 0.3) is 12.7 Å². The molecule has 2 rings (SSSR count). The Balaban J connectivity index is 0.000000554. The molecule has 2 heterocycles. The van der Waals surface area contributed by atoms with Gasteiger partial charge in [-0.25, -0.2) is 0 Å². The van der Waals surface area contributed by atoms with Crippen molar-refractivity contribution in [1.82, 2.24) is 0 Å². The fourth-order valence-corrected chi connectivity index (χ4v) is 17.8. The lowest BCUT2D eigenvalue weighted by atomic mass is 9.91. The highest BCUT2D eigenvalue weighted by molar-refractivity contribution is 6.87. The standard InChI is InChI=1S/C18H39O6Si3.C8H16O3/c1-25(2,11-7-9-19-13-17-15-21-17)23-27(5,6)24-26(3,4)12-8-10-20-14-18-16-22-18;1-4-8(2,3)7(10)11-6-5-9/h15,17-18H,7-14,16H2,1-6H3;9H,4-6H2,1-3H3/q+1;. The van der Waals surface area contributed by atoms with Crippen LogP contribution in [-0.4, -0.2) is 94.7 Å². The van der Waals surface area contributed by atoms with E-state index in [1.807, 2.05) is 27.4 Å². The van der Waals surface area contributed by atoms with E-state index in [0.717, 1.165) is 57.8 Å². The van der Waals surface area contributed by atoms with Gasteiger partial charge in [0.15, 0.2) is 16.6 Å². The molecule has 0 bridgehead atoms. The fraction of sp³-hybridized carbons (Fsp3) is 0.923. The lowest BCUT2D eigenvalue weighted by molar-refractivity contribution is -0.155. The van der Waals surface area contributed by atoms with Crippen LogP contribution in [0.2, 0.25) is 51.4 Å². The lowest BCUT2D eigenvalue weighted by Crippen LogP contribution is -2.52. The topological polar surface area (TPSA) is 109 Å². The third-order valence-corrected chi connectivity index (χ3v) is 17.7. The van der Waals surface area contributed by atoms with E-state index in [2.05, 4.69) is 39.3 Å². The number of carbonyl (C=O) groups excluding carboxylic acids is 1. The summed E-state index contributed by atoms with van der Waals surface area (Å²) in [4.78, 5) is 11.1. The second-order valence-electron chi connectivity index (χ2n) is 12.3. The van der Waals surface area contributed by atoms with Crippen LogP contribution in [-0.2, 0) is 36.7 Å². The Morgan fingerprint density at radius 1 is 0.947 bits per heavy atom. The highest BCUT2D eigenvalue weighted by Gasteiger charge is 2.40. The van der Waals surface area contributed by atoms with Crippen molar-refractivity contribution in [2.75, 3.05) is 46.2 Å². The molecule has 0 aromatic heterocycles. The molecule has 1 N–H and O–H groups in total. The van der Waals surface area contributed by atoms with Crippen molar-refractivity contribution in [2.45, 2.75) is 104 Å². The van der Waals surface area contributed by atoms with Gasteiger partial charge < -0.3 is 32.3 Å². The highest BCUT2D eigenvalue weighted by Crippen LogP contribution is 2.26. The first-order chi connectivity index (χ1) is 17.6. The van der Waals surface area contributed by atoms with Crippen LogP contribution in [0, 0.1) is 12.0 Å². The normalized spacial score (nSPS) is 19.3. The molecule has 9 nitrogen and oxygen atoms in total. The summed E-state index contributed by atoms with van der Waals surface area (Å²) in [6.07, 6.45) is 3.42. The number of ether oxygens (including phenoxy) is 5. The third-order valence-electron chi connectivity index (χ3n) is 6.26. The van der Waals surface area contributed by atoms with Gasteiger partial charge in [-0.3, -0.25) is 4.79 Å². The Hall–Kier alpha value is -0.289. The first-order valence-corrected chi connectivity index (χ1v) is 23.1. The predicted molar refractivity (Wildman–Crippen MR) is 156 cm³/mol. The molecule has 2 atom stereocenters. The van der Waals surface area contributed by atoms with Gasteiger partial charge in [-0.15, -0.1) is 4.74 Å². The summed E-state index contributed by atoms with van der Waals surface area (Å²) in [6, 6.07) is 2.20. The number of aliphatic hydroxyl groups is 1. The predicted octanol–water partition coefficient (Wildman–Crippen LogP) is 4.86. The van der Waals surface area contributed by atoms with Gasteiger partial charge in [0.05, 0.1) is 25.2 Å². The minimum absolute atomic E-state index is 0.0995.